The van der Waals surface area contributed by atoms with Crippen LogP contribution in [-0.4, -0.2) is 52.9 Å². The van der Waals surface area contributed by atoms with Crippen LogP contribution < -0.4 is 5.73 Å². The van der Waals surface area contributed by atoms with Crippen LogP contribution in [0.2, 0.25) is 0 Å². The highest BCUT2D eigenvalue weighted by Gasteiger charge is 2.18. The zero-order valence-corrected chi connectivity index (χ0v) is 9.29. The van der Waals surface area contributed by atoms with Gasteiger partial charge in [0.25, 0.3) is 0 Å². The summed E-state index contributed by atoms with van der Waals surface area (Å²) in [5.74, 6) is 0. The molecule has 0 aromatic carbocycles. The van der Waals surface area contributed by atoms with Gasteiger partial charge in [0.15, 0.2) is 0 Å². The molecule has 16 heavy (non-hydrogen) atoms. The SMILES string of the molecule is NCC(c1ccccn1)N(CCO)CCO. The van der Waals surface area contributed by atoms with Gasteiger partial charge in [-0.1, -0.05) is 6.07 Å². The highest BCUT2D eigenvalue weighted by Crippen LogP contribution is 2.16. The van der Waals surface area contributed by atoms with Gasteiger partial charge >= 0.3 is 0 Å². The summed E-state index contributed by atoms with van der Waals surface area (Å²) in [6.45, 7) is 1.47. The molecule has 1 rings (SSSR count). The monoisotopic (exact) mass is 225 g/mol. The van der Waals surface area contributed by atoms with Crippen LogP contribution in [0.1, 0.15) is 11.7 Å². The number of aromatic nitrogens is 1. The fourth-order valence-electron chi connectivity index (χ4n) is 1.71. The van der Waals surface area contributed by atoms with Crippen molar-refractivity contribution in [2.75, 3.05) is 32.8 Å². The van der Waals surface area contributed by atoms with Crippen LogP contribution in [0.4, 0.5) is 0 Å². The van der Waals surface area contributed by atoms with Crippen molar-refractivity contribution in [2.24, 2.45) is 5.73 Å². The van der Waals surface area contributed by atoms with Crippen LogP contribution in [0, 0.1) is 0 Å². The van der Waals surface area contributed by atoms with Crippen molar-refractivity contribution in [3.05, 3.63) is 30.1 Å². The molecular formula is C11H19N3O2. The number of pyridine rings is 1. The van der Waals surface area contributed by atoms with Crippen LogP contribution >= 0.6 is 0 Å². The van der Waals surface area contributed by atoms with Crippen LogP contribution in [0.5, 0.6) is 0 Å². The molecule has 1 heterocycles. The lowest BCUT2D eigenvalue weighted by Gasteiger charge is -2.29. The summed E-state index contributed by atoms with van der Waals surface area (Å²) in [6.07, 6.45) is 1.72. The predicted molar refractivity (Wildman–Crippen MR) is 61.8 cm³/mol. The summed E-state index contributed by atoms with van der Waals surface area (Å²) in [5.41, 5.74) is 6.59. The van der Waals surface area contributed by atoms with Gasteiger partial charge in [0.1, 0.15) is 0 Å². The van der Waals surface area contributed by atoms with Crippen LogP contribution in [0.3, 0.4) is 0 Å². The Morgan fingerprint density at radius 3 is 2.38 bits per heavy atom. The standard InChI is InChI=1S/C11H19N3O2/c12-9-11(10-3-1-2-4-13-10)14(5-7-15)6-8-16/h1-4,11,15-16H,5-9,12H2. The average Bonchev–Trinajstić information content (AvgIpc) is 2.32. The maximum Gasteiger partial charge on any atom is 0.0646 e. The van der Waals surface area contributed by atoms with E-state index in [1.165, 1.54) is 0 Å². The Labute approximate surface area is 95.5 Å². The molecule has 0 spiro atoms. The first-order valence-electron chi connectivity index (χ1n) is 5.40. The maximum absolute atomic E-state index is 8.97. The summed E-state index contributed by atoms with van der Waals surface area (Å²) < 4.78 is 0. The molecule has 0 radical (unpaired) electrons. The summed E-state index contributed by atoms with van der Waals surface area (Å²) in [5, 5.41) is 17.9. The fraction of sp³-hybridized carbons (Fsp3) is 0.545. The van der Waals surface area contributed by atoms with Crippen molar-refractivity contribution in [1.29, 1.82) is 0 Å². The van der Waals surface area contributed by atoms with E-state index >= 15 is 0 Å². The molecule has 0 aliphatic rings. The maximum atomic E-state index is 8.97. The zero-order valence-electron chi connectivity index (χ0n) is 9.29. The Morgan fingerprint density at radius 1 is 1.25 bits per heavy atom. The number of aliphatic hydroxyl groups is 2. The smallest absolute Gasteiger partial charge is 0.0646 e. The van der Waals surface area contributed by atoms with Gasteiger partial charge in [-0.3, -0.25) is 9.88 Å². The van der Waals surface area contributed by atoms with E-state index < -0.39 is 0 Å². The van der Waals surface area contributed by atoms with Crippen molar-refractivity contribution in [1.82, 2.24) is 9.88 Å². The van der Waals surface area contributed by atoms with Crippen LogP contribution in [0.15, 0.2) is 24.4 Å². The first-order valence-corrected chi connectivity index (χ1v) is 5.40. The molecule has 1 aromatic heterocycles. The van der Waals surface area contributed by atoms with Crippen molar-refractivity contribution in [3.63, 3.8) is 0 Å². The second-order valence-electron chi connectivity index (χ2n) is 3.49. The van der Waals surface area contributed by atoms with Gasteiger partial charge in [-0.2, -0.15) is 0 Å². The highest BCUT2D eigenvalue weighted by molar-refractivity contribution is 5.09. The van der Waals surface area contributed by atoms with Gasteiger partial charge < -0.3 is 15.9 Å². The largest absolute Gasteiger partial charge is 0.395 e. The third-order valence-electron chi connectivity index (χ3n) is 2.47. The summed E-state index contributed by atoms with van der Waals surface area (Å²) >= 11 is 0. The quantitative estimate of drug-likeness (QED) is 0.575. The van der Waals surface area contributed by atoms with Gasteiger partial charge in [0, 0.05) is 25.8 Å². The molecule has 0 aliphatic heterocycles. The molecule has 4 N–H and O–H groups in total. The first kappa shape index (κ1) is 13.1. The van der Waals surface area contributed by atoms with Crippen LogP contribution in [-0.2, 0) is 0 Å². The molecular weight excluding hydrogens is 206 g/mol. The van der Waals surface area contributed by atoms with E-state index in [1.54, 1.807) is 6.20 Å². The molecule has 5 nitrogen and oxygen atoms in total. The summed E-state index contributed by atoms with van der Waals surface area (Å²) in [7, 11) is 0. The van der Waals surface area contributed by atoms with Gasteiger partial charge in [-0.25, -0.2) is 0 Å². The number of rotatable bonds is 7. The molecule has 0 amide bonds. The Balaban J connectivity index is 2.77. The van der Waals surface area contributed by atoms with Gasteiger partial charge in [-0.15, -0.1) is 0 Å². The Bertz CT molecular complexity index is 276. The first-order chi connectivity index (χ1) is 7.83. The van der Waals surface area contributed by atoms with Gasteiger partial charge in [-0.05, 0) is 12.1 Å². The number of nitrogens with zero attached hydrogens (tertiary/aromatic N) is 2. The van der Waals surface area contributed by atoms with Crippen molar-refractivity contribution >= 4 is 0 Å². The third kappa shape index (κ3) is 3.53. The Kier molecular flexibility index (Phi) is 5.95. The second kappa shape index (κ2) is 7.29. The van der Waals surface area contributed by atoms with E-state index in [4.69, 9.17) is 15.9 Å². The number of hydrogen-bond donors (Lipinski definition) is 3. The van der Waals surface area contributed by atoms with Crippen LogP contribution in [0.25, 0.3) is 0 Å². The Hall–Kier alpha value is -1.01. The van der Waals surface area contributed by atoms with E-state index in [-0.39, 0.29) is 19.3 Å². The van der Waals surface area contributed by atoms with Crippen molar-refractivity contribution < 1.29 is 10.2 Å². The van der Waals surface area contributed by atoms with Gasteiger partial charge in [0.2, 0.25) is 0 Å². The van der Waals surface area contributed by atoms with Crippen molar-refractivity contribution in [3.8, 4) is 0 Å². The van der Waals surface area contributed by atoms with Crippen molar-refractivity contribution in [2.45, 2.75) is 6.04 Å². The predicted octanol–water partition coefficient (Wildman–Crippen LogP) is -0.632. The van der Waals surface area contributed by atoms with E-state index in [1.807, 2.05) is 23.1 Å². The molecule has 0 saturated carbocycles. The molecule has 0 aliphatic carbocycles. The third-order valence-corrected chi connectivity index (χ3v) is 2.47. The van der Waals surface area contributed by atoms with E-state index in [9.17, 15) is 0 Å². The fourth-order valence-corrected chi connectivity index (χ4v) is 1.71. The lowest BCUT2D eigenvalue weighted by Crippen LogP contribution is -2.38. The molecule has 1 aromatic rings. The zero-order chi connectivity index (χ0) is 11.8. The molecule has 0 bridgehead atoms. The minimum absolute atomic E-state index is 0.0450. The minimum atomic E-state index is -0.0551. The van der Waals surface area contributed by atoms with E-state index in [0.717, 1.165) is 5.69 Å². The number of hydrogen-bond acceptors (Lipinski definition) is 5. The summed E-state index contributed by atoms with van der Waals surface area (Å²) in [6, 6.07) is 5.60. The summed E-state index contributed by atoms with van der Waals surface area (Å²) in [4.78, 5) is 6.18. The highest BCUT2D eigenvalue weighted by atomic mass is 16.3. The normalized spacial score (nSPS) is 13.0. The molecule has 1 unspecified atom stereocenters. The lowest BCUT2D eigenvalue weighted by atomic mass is 10.1. The minimum Gasteiger partial charge on any atom is -0.395 e. The molecule has 5 heteroatoms. The molecule has 0 fully saturated rings. The van der Waals surface area contributed by atoms with E-state index in [2.05, 4.69) is 4.98 Å². The molecule has 1 atom stereocenters. The van der Waals surface area contributed by atoms with E-state index in [0.29, 0.717) is 19.6 Å². The molecule has 0 saturated heterocycles. The molecule has 90 valence electrons. The number of aliphatic hydroxyl groups excluding tert-OH is 2. The number of nitrogens with two attached hydrogens (primary N) is 1. The van der Waals surface area contributed by atoms with Gasteiger partial charge in [0.05, 0.1) is 24.9 Å². The second-order valence-corrected chi connectivity index (χ2v) is 3.49. The lowest BCUT2D eigenvalue weighted by molar-refractivity contribution is 0.122. The Morgan fingerprint density at radius 2 is 1.94 bits per heavy atom. The average molecular weight is 225 g/mol. The topological polar surface area (TPSA) is 82.6 Å².